The number of H-pyrrole nitrogens is 1. The number of hydrogen-bond donors (Lipinski definition) is 1. The van der Waals surface area contributed by atoms with E-state index in [9.17, 15) is 14.9 Å². The Morgan fingerprint density at radius 1 is 1.23 bits per heavy atom. The van der Waals surface area contributed by atoms with Crippen molar-refractivity contribution in [2.45, 2.75) is 25.8 Å². The molecule has 0 atom stereocenters. The maximum atomic E-state index is 12.1. The van der Waals surface area contributed by atoms with E-state index in [-0.39, 0.29) is 33.0 Å². The summed E-state index contributed by atoms with van der Waals surface area (Å²) < 4.78 is 10.8. The van der Waals surface area contributed by atoms with Gasteiger partial charge in [0.1, 0.15) is 5.75 Å². The number of nitrogens with one attached hydrogen (secondary N) is 1. The molecule has 0 spiro atoms. The van der Waals surface area contributed by atoms with E-state index in [1.54, 1.807) is 11.0 Å². The van der Waals surface area contributed by atoms with E-state index in [0.29, 0.717) is 18.8 Å². The highest BCUT2D eigenvalue weighted by Gasteiger charge is 2.37. The number of non-ortho nitro benzene ring substituents is 1. The summed E-state index contributed by atoms with van der Waals surface area (Å²) in [5, 5.41) is 12.0. The van der Waals surface area contributed by atoms with Gasteiger partial charge in [0.15, 0.2) is 5.75 Å². The first-order valence-corrected chi connectivity index (χ1v) is 10.2. The molecule has 0 bridgehead atoms. The first-order chi connectivity index (χ1) is 14.6. The lowest BCUT2D eigenvalue weighted by atomic mass is 9.79. The predicted octanol–water partition coefficient (Wildman–Crippen LogP) is 6.03. The molecule has 2 heterocycles. The van der Waals surface area contributed by atoms with Gasteiger partial charge in [0.05, 0.1) is 28.6 Å². The molecule has 3 aromatic rings. The lowest BCUT2D eigenvalue weighted by Crippen LogP contribution is -2.44. The molecule has 1 N–H and O–H groups in total. The van der Waals surface area contributed by atoms with Crippen LogP contribution in [0, 0.1) is 10.1 Å². The smallest absolute Gasteiger partial charge is 0.409 e. The first kappa shape index (κ1) is 21.3. The molecule has 31 heavy (non-hydrogen) atoms. The van der Waals surface area contributed by atoms with E-state index in [1.165, 1.54) is 19.2 Å². The van der Waals surface area contributed by atoms with E-state index < -0.39 is 4.92 Å². The van der Waals surface area contributed by atoms with Crippen LogP contribution in [0.4, 0.5) is 10.5 Å². The topological polar surface area (TPSA) is 97.7 Å². The van der Waals surface area contributed by atoms with Gasteiger partial charge in [-0.3, -0.25) is 10.1 Å². The number of benzene rings is 2. The number of carbonyl (C=O) groups excluding carboxylic acids is 1. The van der Waals surface area contributed by atoms with Crippen molar-refractivity contribution in [1.82, 2.24) is 9.88 Å². The van der Waals surface area contributed by atoms with Gasteiger partial charge in [-0.15, -0.1) is 0 Å². The molecule has 10 heteroatoms. The number of fused-ring (bicyclic) bond motifs is 3. The molecule has 2 aromatic carbocycles. The van der Waals surface area contributed by atoms with Gasteiger partial charge in [-0.1, -0.05) is 37.0 Å². The molecular formula is C21H19Cl2N3O5. The van der Waals surface area contributed by atoms with Gasteiger partial charge in [-0.25, -0.2) is 4.79 Å². The summed E-state index contributed by atoms with van der Waals surface area (Å²) in [6, 6.07) is 7.89. The Hall–Kier alpha value is -2.97. The van der Waals surface area contributed by atoms with Crippen molar-refractivity contribution in [3.05, 3.63) is 61.7 Å². The highest BCUT2D eigenvalue weighted by atomic mass is 35.5. The van der Waals surface area contributed by atoms with Crippen LogP contribution >= 0.6 is 23.2 Å². The first-order valence-electron chi connectivity index (χ1n) is 9.40. The fraction of sp³-hybridized carbons (Fsp3) is 0.286. The van der Waals surface area contributed by atoms with Crippen molar-refractivity contribution in [1.29, 1.82) is 0 Å². The second-order valence-electron chi connectivity index (χ2n) is 7.99. The minimum Gasteiger partial charge on any atom is -0.454 e. The van der Waals surface area contributed by atoms with Crippen LogP contribution in [0.2, 0.25) is 10.0 Å². The fourth-order valence-corrected chi connectivity index (χ4v) is 4.66. The number of nitro groups is 1. The van der Waals surface area contributed by atoms with E-state index >= 15 is 0 Å². The molecule has 0 unspecified atom stereocenters. The maximum Gasteiger partial charge on any atom is 0.409 e. The minimum atomic E-state index is -0.570. The molecule has 162 valence electrons. The summed E-state index contributed by atoms with van der Waals surface area (Å²) in [6.07, 6.45) is -0.371. The molecule has 0 saturated heterocycles. The second-order valence-corrected chi connectivity index (χ2v) is 8.81. The van der Waals surface area contributed by atoms with Crippen LogP contribution in [0.5, 0.6) is 11.5 Å². The molecule has 0 saturated carbocycles. The van der Waals surface area contributed by atoms with Crippen molar-refractivity contribution in [2.24, 2.45) is 0 Å². The third-order valence-corrected chi connectivity index (χ3v) is 5.87. The molecular weight excluding hydrogens is 445 g/mol. The van der Waals surface area contributed by atoms with Gasteiger partial charge in [-0.2, -0.15) is 0 Å². The van der Waals surface area contributed by atoms with Crippen LogP contribution < -0.4 is 4.74 Å². The molecule has 8 nitrogen and oxygen atoms in total. The quantitative estimate of drug-likeness (QED) is 0.377. The molecule has 0 fully saturated rings. The summed E-state index contributed by atoms with van der Waals surface area (Å²) >= 11 is 12.4. The Kier molecular flexibility index (Phi) is 5.23. The highest BCUT2D eigenvalue weighted by molar-refractivity contribution is 6.37. The number of ether oxygens (including phenoxy) is 2. The average molecular weight is 464 g/mol. The predicted molar refractivity (Wildman–Crippen MR) is 117 cm³/mol. The molecule has 1 aliphatic heterocycles. The van der Waals surface area contributed by atoms with E-state index in [0.717, 1.165) is 22.2 Å². The number of rotatable bonds is 3. The molecule has 1 aliphatic rings. The summed E-state index contributed by atoms with van der Waals surface area (Å²) in [7, 11) is 1.37. The van der Waals surface area contributed by atoms with Crippen LogP contribution in [0.3, 0.4) is 0 Å². The minimum absolute atomic E-state index is 0.0458. The van der Waals surface area contributed by atoms with Crippen LogP contribution in [0.1, 0.15) is 25.1 Å². The Labute approximate surface area is 187 Å². The third-order valence-electron chi connectivity index (χ3n) is 5.31. The van der Waals surface area contributed by atoms with Gasteiger partial charge >= 0.3 is 6.09 Å². The average Bonchev–Trinajstić information content (AvgIpc) is 3.07. The lowest BCUT2D eigenvalue weighted by Gasteiger charge is -2.37. The summed E-state index contributed by atoms with van der Waals surface area (Å²) in [5.74, 6) is 0.631. The number of nitro benzene ring substituents is 1. The Balaban J connectivity index is 1.74. The maximum absolute atomic E-state index is 12.1. The van der Waals surface area contributed by atoms with Gasteiger partial charge in [0.25, 0.3) is 5.69 Å². The second kappa shape index (κ2) is 7.62. The molecule has 0 radical (unpaired) electrons. The number of methoxy groups -OCH3 is 1. The largest absolute Gasteiger partial charge is 0.454 e. The van der Waals surface area contributed by atoms with Crippen LogP contribution in [0.15, 0.2) is 30.3 Å². The zero-order valence-corrected chi connectivity index (χ0v) is 18.5. The van der Waals surface area contributed by atoms with E-state index in [4.69, 9.17) is 32.7 Å². The van der Waals surface area contributed by atoms with Crippen molar-refractivity contribution in [3.8, 4) is 11.5 Å². The SMILES string of the molecule is COC(=O)N1Cc2[nH]c3ccc(Oc4c(Cl)cc([N+](=O)[O-])cc4Cl)cc3c2C(C)(C)C1. The fourth-order valence-electron chi connectivity index (χ4n) is 4.11. The standard InChI is InChI=1S/C21H19Cl2N3O5/c1-21(2)10-25(20(27)30-3)9-17-18(21)13-8-12(4-5-16(13)24-17)31-19-14(22)6-11(26(28)29)7-15(19)23/h4-8,24H,9-10H2,1-3H3. The summed E-state index contributed by atoms with van der Waals surface area (Å²) in [4.78, 5) is 27.5. The van der Waals surface area contributed by atoms with Gasteiger partial charge in [0, 0.05) is 40.7 Å². The number of aromatic amines is 1. The van der Waals surface area contributed by atoms with Crippen molar-refractivity contribution < 1.29 is 19.2 Å². The zero-order valence-electron chi connectivity index (χ0n) is 17.0. The normalized spacial score (nSPS) is 14.9. The zero-order chi connectivity index (χ0) is 22.5. The van der Waals surface area contributed by atoms with Crippen LogP contribution in [-0.4, -0.2) is 34.6 Å². The molecule has 1 aromatic heterocycles. The highest BCUT2D eigenvalue weighted by Crippen LogP contribution is 2.43. The molecule has 4 rings (SSSR count). The van der Waals surface area contributed by atoms with Crippen LogP contribution in [0.25, 0.3) is 10.9 Å². The number of amides is 1. The molecule has 1 amide bonds. The van der Waals surface area contributed by atoms with E-state index in [1.807, 2.05) is 12.1 Å². The number of aromatic nitrogens is 1. The van der Waals surface area contributed by atoms with Crippen molar-refractivity contribution in [2.75, 3.05) is 13.7 Å². The van der Waals surface area contributed by atoms with Gasteiger partial charge in [-0.05, 0) is 23.8 Å². The lowest BCUT2D eigenvalue weighted by molar-refractivity contribution is -0.384. The number of nitrogens with zero attached hydrogens (tertiary/aromatic N) is 2. The van der Waals surface area contributed by atoms with Gasteiger partial charge in [0.2, 0.25) is 0 Å². The Bertz CT molecular complexity index is 1200. The van der Waals surface area contributed by atoms with E-state index in [2.05, 4.69) is 18.8 Å². The Morgan fingerprint density at radius 3 is 2.52 bits per heavy atom. The number of carbonyl (C=O) groups is 1. The number of halogens is 2. The van der Waals surface area contributed by atoms with Gasteiger partial charge < -0.3 is 19.4 Å². The van der Waals surface area contributed by atoms with Crippen molar-refractivity contribution in [3.63, 3.8) is 0 Å². The Morgan fingerprint density at radius 2 is 1.90 bits per heavy atom. The van der Waals surface area contributed by atoms with Crippen LogP contribution in [-0.2, 0) is 16.7 Å². The summed E-state index contributed by atoms with van der Waals surface area (Å²) in [5.41, 5.74) is 2.38. The molecule has 0 aliphatic carbocycles. The number of hydrogen-bond acceptors (Lipinski definition) is 5. The monoisotopic (exact) mass is 463 g/mol. The summed E-state index contributed by atoms with van der Waals surface area (Å²) in [6.45, 7) is 5.04. The van der Waals surface area contributed by atoms with Crippen molar-refractivity contribution >= 4 is 45.9 Å². The third kappa shape index (κ3) is 3.77.